The molecule has 1 aliphatic heterocycles. The lowest BCUT2D eigenvalue weighted by atomic mass is 10.1. The minimum absolute atomic E-state index is 0.00381. The summed E-state index contributed by atoms with van der Waals surface area (Å²) >= 11 is 1.58. The molecule has 0 spiro atoms. The molecule has 0 aromatic heterocycles. The Kier molecular flexibility index (Phi) is 6.60. The second-order valence-electron chi connectivity index (χ2n) is 8.25. The Morgan fingerprint density at radius 2 is 1.94 bits per heavy atom. The fourth-order valence-electron chi connectivity index (χ4n) is 3.94. The summed E-state index contributed by atoms with van der Waals surface area (Å²) in [6.07, 6.45) is 4.48. The molecule has 0 saturated heterocycles. The van der Waals surface area contributed by atoms with Crippen LogP contribution in [0.25, 0.3) is 0 Å². The third-order valence-electron chi connectivity index (χ3n) is 5.74. The quantitative estimate of drug-likeness (QED) is 0.573. The molecule has 1 fully saturated rings. The van der Waals surface area contributed by atoms with Crippen molar-refractivity contribution in [2.75, 3.05) is 23.0 Å². The van der Waals surface area contributed by atoms with Gasteiger partial charge in [0.2, 0.25) is 21.8 Å². The molecule has 2 N–H and O–H groups in total. The number of nitrogens with one attached hydrogen (secondary N) is 2. The van der Waals surface area contributed by atoms with Gasteiger partial charge in [-0.15, -0.1) is 11.8 Å². The van der Waals surface area contributed by atoms with Crippen LogP contribution in [-0.4, -0.2) is 39.1 Å². The molecule has 1 saturated carbocycles. The van der Waals surface area contributed by atoms with Gasteiger partial charge < -0.3 is 10.2 Å². The highest BCUT2D eigenvalue weighted by Crippen LogP contribution is 2.39. The standard InChI is InChI=1S/C23H27N3O4S2/c1-15-12-17-13-20(8-9-21(17)26(15)23(28)16-6-7-16)32(29,30)24-11-10-22(27)25-18-4-3-5-19(14-18)31-2/h3-5,8-9,13-16,24H,6-7,10-12H2,1-2H3,(H,25,27)/t15-/m0/s1. The summed E-state index contributed by atoms with van der Waals surface area (Å²) in [7, 11) is -3.76. The fourth-order valence-corrected chi connectivity index (χ4v) is 5.49. The molecule has 7 nitrogen and oxygen atoms in total. The molecule has 2 aliphatic rings. The number of carbonyl (C=O) groups excluding carboxylic acids is 2. The average Bonchev–Trinajstić information content (AvgIpc) is 3.55. The van der Waals surface area contributed by atoms with Gasteiger partial charge >= 0.3 is 0 Å². The molecule has 0 radical (unpaired) electrons. The minimum atomic E-state index is -3.76. The molecule has 9 heteroatoms. The maximum absolute atomic E-state index is 12.7. The van der Waals surface area contributed by atoms with Gasteiger partial charge in [0.15, 0.2) is 0 Å². The molecular formula is C23H27N3O4S2. The summed E-state index contributed by atoms with van der Waals surface area (Å²) in [6.45, 7) is 1.98. The summed E-state index contributed by atoms with van der Waals surface area (Å²) in [5, 5.41) is 2.79. The average molecular weight is 474 g/mol. The fraction of sp³-hybridized carbons (Fsp3) is 0.391. The molecule has 1 atom stereocenters. The first kappa shape index (κ1) is 22.8. The summed E-state index contributed by atoms with van der Waals surface area (Å²) in [4.78, 5) is 27.8. The Balaban J connectivity index is 1.36. The van der Waals surface area contributed by atoms with Crippen LogP contribution in [0.2, 0.25) is 0 Å². The Bertz CT molecular complexity index is 1150. The summed E-state index contributed by atoms with van der Waals surface area (Å²) in [5.41, 5.74) is 2.35. The molecular weight excluding hydrogens is 446 g/mol. The van der Waals surface area contributed by atoms with Crippen LogP contribution < -0.4 is 14.9 Å². The number of anilines is 2. The van der Waals surface area contributed by atoms with Crippen LogP contribution in [0, 0.1) is 5.92 Å². The largest absolute Gasteiger partial charge is 0.326 e. The van der Waals surface area contributed by atoms with Crippen LogP contribution in [0.1, 0.15) is 31.7 Å². The van der Waals surface area contributed by atoms with E-state index in [4.69, 9.17) is 0 Å². The lowest BCUT2D eigenvalue weighted by Gasteiger charge is -2.22. The van der Waals surface area contributed by atoms with E-state index in [9.17, 15) is 18.0 Å². The van der Waals surface area contributed by atoms with Gasteiger partial charge in [0.25, 0.3) is 0 Å². The predicted octanol–water partition coefficient (Wildman–Crippen LogP) is 3.40. The zero-order valence-electron chi connectivity index (χ0n) is 18.1. The Morgan fingerprint density at radius 3 is 2.66 bits per heavy atom. The Labute approximate surface area is 193 Å². The van der Waals surface area contributed by atoms with Crippen LogP contribution >= 0.6 is 11.8 Å². The Hall–Kier alpha value is -2.36. The predicted molar refractivity (Wildman–Crippen MR) is 126 cm³/mol. The smallest absolute Gasteiger partial charge is 0.240 e. The molecule has 32 heavy (non-hydrogen) atoms. The first-order valence-corrected chi connectivity index (χ1v) is 13.4. The van der Waals surface area contributed by atoms with Crippen LogP contribution in [0.15, 0.2) is 52.3 Å². The van der Waals surface area contributed by atoms with E-state index < -0.39 is 10.0 Å². The van der Waals surface area contributed by atoms with Crippen molar-refractivity contribution < 1.29 is 18.0 Å². The monoisotopic (exact) mass is 473 g/mol. The van der Waals surface area contributed by atoms with Gasteiger partial charge in [-0.25, -0.2) is 13.1 Å². The number of nitrogens with zero attached hydrogens (tertiary/aromatic N) is 1. The number of hydrogen-bond acceptors (Lipinski definition) is 5. The molecule has 1 aliphatic carbocycles. The van der Waals surface area contributed by atoms with Crippen molar-refractivity contribution in [2.45, 2.75) is 48.4 Å². The second-order valence-corrected chi connectivity index (χ2v) is 10.9. The van der Waals surface area contributed by atoms with Crippen LogP contribution in [0.3, 0.4) is 0 Å². The molecule has 0 bridgehead atoms. The summed E-state index contributed by atoms with van der Waals surface area (Å²) in [5.74, 6) is -0.00940. The third-order valence-corrected chi connectivity index (χ3v) is 7.92. The van der Waals surface area contributed by atoms with Gasteiger partial charge in [0, 0.05) is 41.2 Å². The van der Waals surface area contributed by atoms with E-state index in [2.05, 4.69) is 10.0 Å². The number of fused-ring (bicyclic) bond motifs is 1. The lowest BCUT2D eigenvalue weighted by molar-refractivity contribution is -0.120. The number of carbonyl (C=O) groups is 2. The van der Waals surface area contributed by atoms with E-state index in [0.29, 0.717) is 12.1 Å². The van der Waals surface area contributed by atoms with Crippen molar-refractivity contribution in [3.05, 3.63) is 48.0 Å². The molecule has 0 unspecified atom stereocenters. The zero-order chi connectivity index (χ0) is 22.9. The molecule has 2 aromatic rings. The number of rotatable bonds is 8. The van der Waals surface area contributed by atoms with E-state index >= 15 is 0 Å². The van der Waals surface area contributed by atoms with Crippen LogP contribution in [-0.2, 0) is 26.0 Å². The maximum atomic E-state index is 12.7. The molecule has 170 valence electrons. The third kappa shape index (κ3) is 5.00. The number of benzene rings is 2. The van der Waals surface area contributed by atoms with Gasteiger partial charge in [0.05, 0.1) is 4.90 Å². The zero-order valence-corrected chi connectivity index (χ0v) is 19.8. The van der Waals surface area contributed by atoms with Crippen LogP contribution in [0.5, 0.6) is 0 Å². The molecule has 2 aromatic carbocycles. The highest BCUT2D eigenvalue weighted by Gasteiger charge is 2.39. The maximum Gasteiger partial charge on any atom is 0.240 e. The normalized spacial score (nSPS) is 17.8. The van der Waals surface area contributed by atoms with Crippen LogP contribution in [0.4, 0.5) is 11.4 Å². The van der Waals surface area contributed by atoms with Crippen molar-refractivity contribution in [3.63, 3.8) is 0 Å². The van der Waals surface area contributed by atoms with Crippen molar-refractivity contribution in [3.8, 4) is 0 Å². The van der Waals surface area contributed by atoms with Gasteiger partial charge in [-0.2, -0.15) is 0 Å². The van der Waals surface area contributed by atoms with Gasteiger partial charge in [-0.05, 0) is 74.4 Å². The molecule has 4 rings (SSSR count). The number of thioether (sulfide) groups is 1. The molecule has 2 amide bonds. The highest BCUT2D eigenvalue weighted by atomic mass is 32.2. The summed E-state index contributed by atoms with van der Waals surface area (Å²) in [6, 6.07) is 12.4. The minimum Gasteiger partial charge on any atom is -0.326 e. The van der Waals surface area contributed by atoms with Crippen molar-refractivity contribution >= 4 is 45.0 Å². The van der Waals surface area contributed by atoms with Gasteiger partial charge in [-0.3, -0.25) is 9.59 Å². The van der Waals surface area contributed by atoms with Crippen molar-refractivity contribution in [1.82, 2.24) is 4.72 Å². The van der Waals surface area contributed by atoms with E-state index in [1.165, 1.54) is 6.07 Å². The molecule has 1 heterocycles. The number of hydrogen-bond donors (Lipinski definition) is 2. The SMILES string of the molecule is CSc1cccc(NC(=O)CCNS(=O)(=O)c2ccc3c(c2)C[C@H](C)N3C(=O)C2CC2)c1. The van der Waals surface area contributed by atoms with Crippen molar-refractivity contribution in [2.24, 2.45) is 5.92 Å². The number of amides is 2. The first-order chi connectivity index (χ1) is 15.3. The highest BCUT2D eigenvalue weighted by molar-refractivity contribution is 7.98. The summed E-state index contributed by atoms with van der Waals surface area (Å²) < 4.78 is 28.0. The van der Waals surface area contributed by atoms with Gasteiger partial charge in [0.1, 0.15) is 0 Å². The lowest BCUT2D eigenvalue weighted by Crippen LogP contribution is -2.36. The topological polar surface area (TPSA) is 95.6 Å². The first-order valence-electron chi connectivity index (χ1n) is 10.7. The number of sulfonamides is 1. The van der Waals surface area contributed by atoms with E-state index in [-0.39, 0.29) is 41.6 Å². The van der Waals surface area contributed by atoms with E-state index in [0.717, 1.165) is 29.0 Å². The van der Waals surface area contributed by atoms with Gasteiger partial charge in [-0.1, -0.05) is 6.07 Å². The van der Waals surface area contributed by atoms with E-state index in [1.807, 2.05) is 36.3 Å². The Morgan fingerprint density at radius 1 is 1.16 bits per heavy atom. The second kappa shape index (κ2) is 9.25. The van der Waals surface area contributed by atoms with E-state index in [1.54, 1.807) is 30.0 Å². The van der Waals surface area contributed by atoms with Crippen molar-refractivity contribution in [1.29, 1.82) is 0 Å².